The van der Waals surface area contributed by atoms with Gasteiger partial charge in [-0.2, -0.15) is 0 Å². The van der Waals surface area contributed by atoms with Crippen LogP contribution in [0, 0.1) is 0 Å². The van der Waals surface area contributed by atoms with E-state index in [0.717, 1.165) is 25.4 Å². The lowest BCUT2D eigenvalue weighted by atomic mass is 10.4. The summed E-state index contributed by atoms with van der Waals surface area (Å²) in [4.78, 5) is 18.5. The van der Waals surface area contributed by atoms with E-state index in [-0.39, 0.29) is 0 Å². The Morgan fingerprint density at radius 1 is 1.00 bits per heavy atom. The van der Waals surface area contributed by atoms with Crippen molar-refractivity contribution in [3.8, 4) is 0 Å². The molecule has 0 unspecified atom stereocenters. The normalized spacial score (nSPS) is 12.3. The van der Waals surface area contributed by atoms with E-state index in [1.165, 1.54) is 12.8 Å². The Balaban J connectivity index is 0. The zero-order valence-corrected chi connectivity index (χ0v) is 8.52. The fraction of sp³-hybridized carbons (Fsp3) is 0.400. The highest BCUT2D eigenvalue weighted by Gasteiger charge is 1.94. The molecule has 86 valence electrons. The molecule has 0 aromatic heterocycles. The van der Waals surface area contributed by atoms with E-state index in [2.05, 4.69) is 13.2 Å². The van der Waals surface area contributed by atoms with E-state index in [9.17, 15) is 9.59 Å². The van der Waals surface area contributed by atoms with Crippen molar-refractivity contribution < 1.29 is 24.5 Å². The third-order valence-electron chi connectivity index (χ3n) is 1.18. The number of aliphatic carboxylic acids is 2. The first kappa shape index (κ1) is 15.8. The molecule has 5 heteroatoms. The molecule has 0 aromatic rings. The standard InChI is InChI=1S/C4H8O.2C3H4O2/c1-2-4-5-3-1;2*1-2-3(4)5/h1-4H2;2*2H,1H2,(H,4,5). The second-order valence-corrected chi connectivity index (χ2v) is 2.40. The number of hydrogen-bond donors (Lipinski definition) is 2. The van der Waals surface area contributed by atoms with Gasteiger partial charge in [-0.15, -0.1) is 0 Å². The van der Waals surface area contributed by atoms with Gasteiger partial charge in [-0.1, -0.05) is 13.2 Å². The van der Waals surface area contributed by atoms with E-state index in [4.69, 9.17) is 14.9 Å². The Morgan fingerprint density at radius 3 is 1.33 bits per heavy atom. The van der Waals surface area contributed by atoms with Gasteiger partial charge in [0.15, 0.2) is 0 Å². The van der Waals surface area contributed by atoms with Crippen molar-refractivity contribution in [3.63, 3.8) is 0 Å². The molecule has 1 rings (SSSR count). The van der Waals surface area contributed by atoms with E-state index in [0.29, 0.717) is 0 Å². The SMILES string of the molecule is C1CCOC1.C=CC(=O)O.C=CC(=O)O. The maximum atomic E-state index is 9.25. The summed E-state index contributed by atoms with van der Waals surface area (Å²) in [5.41, 5.74) is 0. The van der Waals surface area contributed by atoms with E-state index >= 15 is 0 Å². The summed E-state index contributed by atoms with van der Waals surface area (Å²) < 4.78 is 4.94. The summed E-state index contributed by atoms with van der Waals surface area (Å²) in [6.45, 7) is 7.92. The lowest BCUT2D eigenvalue weighted by Crippen LogP contribution is -1.82. The Hall–Kier alpha value is -1.62. The fourth-order valence-corrected chi connectivity index (χ4v) is 0.510. The third-order valence-corrected chi connectivity index (χ3v) is 1.18. The minimum Gasteiger partial charge on any atom is -0.478 e. The first-order chi connectivity index (χ1) is 7.04. The maximum Gasteiger partial charge on any atom is 0.327 e. The quantitative estimate of drug-likeness (QED) is 0.680. The summed E-state index contributed by atoms with van der Waals surface area (Å²) in [7, 11) is 0. The average Bonchev–Trinajstić information content (AvgIpc) is 2.76. The molecule has 1 fully saturated rings. The molecular formula is C10H16O5. The van der Waals surface area contributed by atoms with Crippen molar-refractivity contribution in [1.29, 1.82) is 0 Å². The lowest BCUT2D eigenvalue weighted by Gasteiger charge is -1.76. The van der Waals surface area contributed by atoms with Crippen LogP contribution in [0.2, 0.25) is 0 Å². The molecule has 5 nitrogen and oxygen atoms in total. The van der Waals surface area contributed by atoms with Gasteiger partial charge in [-0.05, 0) is 12.8 Å². The van der Waals surface area contributed by atoms with Gasteiger partial charge in [-0.3, -0.25) is 0 Å². The van der Waals surface area contributed by atoms with E-state index in [1.54, 1.807) is 0 Å². The highest BCUT2D eigenvalue weighted by Crippen LogP contribution is 1.98. The summed E-state index contributed by atoms with van der Waals surface area (Å²) in [5.74, 6) is -1.96. The van der Waals surface area contributed by atoms with Crippen LogP contribution in [0.4, 0.5) is 0 Å². The van der Waals surface area contributed by atoms with Gasteiger partial charge in [0.2, 0.25) is 0 Å². The summed E-state index contributed by atoms with van der Waals surface area (Å²) >= 11 is 0. The number of rotatable bonds is 2. The number of ether oxygens (including phenoxy) is 1. The van der Waals surface area contributed by atoms with E-state index in [1.807, 2.05) is 0 Å². The van der Waals surface area contributed by atoms with Crippen molar-refractivity contribution in [3.05, 3.63) is 25.3 Å². The molecule has 0 radical (unpaired) electrons. The van der Waals surface area contributed by atoms with Crippen LogP contribution in [0.15, 0.2) is 25.3 Å². The van der Waals surface area contributed by atoms with Gasteiger partial charge in [0.25, 0.3) is 0 Å². The highest BCUT2D eigenvalue weighted by atomic mass is 16.5. The molecule has 0 aromatic carbocycles. The molecule has 1 aliphatic rings. The third kappa shape index (κ3) is 24.5. The Kier molecular flexibility index (Phi) is 13.1. The van der Waals surface area contributed by atoms with Gasteiger partial charge in [0.05, 0.1) is 0 Å². The lowest BCUT2D eigenvalue weighted by molar-refractivity contribution is -0.132. The molecule has 1 saturated heterocycles. The number of carboxylic acid groups (broad SMARTS) is 2. The van der Waals surface area contributed by atoms with Crippen LogP contribution in [-0.4, -0.2) is 35.4 Å². The second-order valence-electron chi connectivity index (χ2n) is 2.40. The molecular weight excluding hydrogens is 200 g/mol. The van der Waals surface area contributed by atoms with Gasteiger partial charge in [0.1, 0.15) is 0 Å². The van der Waals surface area contributed by atoms with Gasteiger partial charge in [-0.25, -0.2) is 9.59 Å². The molecule has 0 atom stereocenters. The van der Waals surface area contributed by atoms with Crippen LogP contribution in [0.5, 0.6) is 0 Å². The number of carbonyl (C=O) groups is 2. The maximum absolute atomic E-state index is 9.25. The van der Waals surface area contributed by atoms with Crippen molar-refractivity contribution in [2.24, 2.45) is 0 Å². The molecule has 0 bridgehead atoms. The van der Waals surface area contributed by atoms with Crippen molar-refractivity contribution >= 4 is 11.9 Å². The van der Waals surface area contributed by atoms with Gasteiger partial charge >= 0.3 is 11.9 Å². The van der Waals surface area contributed by atoms with Crippen LogP contribution in [0.25, 0.3) is 0 Å². The molecule has 1 aliphatic heterocycles. The molecule has 1 heterocycles. The highest BCUT2D eigenvalue weighted by molar-refractivity contribution is 5.79. The topological polar surface area (TPSA) is 83.8 Å². The van der Waals surface area contributed by atoms with Crippen LogP contribution in [0.1, 0.15) is 12.8 Å². The first-order valence-corrected chi connectivity index (χ1v) is 4.33. The van der Waals surface area contributed by atoms with Crippen LogP contribution in [0.3, 0.4) is 0 Å². The number of carboxylic acids is 2. The Morgan fingerprint density at radius 2 is 1.27 bits per heavy atom. The minimum atomic E-state index is -0.981. The summed E-state index contributed by atoms with van der Waals surface area (Å²) in [5, 5.41) is 15.2. The zero-order valence-electron chi connectivity index (χ0n) is 8.52. The Labute approximate surface area is 88.7 Å². The van der Waals surface area contributed by atoms with Crippen LogP contribution in [-0.2, 0) is 14.3 Å². The molecule has 0 spiro atoms. The van der Waals surface area contributed by atoms with Gasteiger partial charge in [0, 0.05) is 25.4 Å². The first-order valence-electron chi connectivity index (χ1n) is 4.33. The molecule has 0 amide bonds. The van der Waals surface area contributed by atoms with Crippen molar-refractivity contribution in [2.75, 3.05) is 13.2 Å². The molecule has 2 N–H and O–H groups in total. The predicted octanol–water partition coefficient (Wildman–Crippen LogP) is 1.31. The summed E-state index contributed by atoms with van der Waals surface area (Å²) in [6, 6.07) is 0. The molecule has 0 aliphatic carbocycles. The van der Waals surface area contributed by atoms with Crippen LogP contribution < -0.4 is 0 Å². The fourth-order valence-electron chi connectivity index (χ4n) is 0.510. The monoisotopic (exact) mass is 216 g/mol. The summed E-state index contributed by atoms with van der Waals surface area (Å²) in [6.07, 6.45) is 4.22. The Bertz CT molecular complexity index is 180. The molecule has 15 heavy (non-hydrogen) atoms. The zero-order chi connectivity index (χ0) is 12.1. The van der Waals surface area contributed by atoms with E-state index < -0.39 is 11.9 Å². The second kappa shape index (κ2) is 12.4. The average molecular weight is 216 g/mol. The predicted molar refractivity (Wildman–Crippen MR) is 55.7 cm³/mol. The smallest absolute Gasteiger partial charge is 0.327 e. The van der Waals surface area contributed by atoms with Gasteiger partial charge < -0.3 is 14.9 Å². The van der Waals surface area contributed by atoms with Crippen molar-refractivity contribution in [1.82, 2.24) is 0 Å². The number of hydrogen-bond acceptors (Lipinski definition) is 3. The van der Waals surface area contributed by atoms with Crippen molar-refractivity contribution in [2.45, 2.75) is 12.8 Å². The molecule has 0 saturated carbocycles. The largest absolute Gasteiger partial charge is 0.478 e. The van der Waals surface area contributed by atoms with Crippen LogP contribution >= 0.6 is 0 Å². The minimum absolute atomic E-state index is 0.833.